The molecular formula is C19H25N7O13P2. The summed E-state index contributed by atoms with van der Waals surface area (Å²) in [6.07, 6.45) is -3.28. The number of nitrogens with two attached hydrogens (primary N) is 1. The third-order valence-corrected chi connectivity index (χ3v) is 7.82. The van der Waals surface area contributed by atoms with Crippen molar-refractivity contribution in [1.82, 2.24) is 29.1 Å². The molecule has 7 N–H and O–H groups in total. The zero-order chi connectivity index (χ0) is 29.5. The number of aromatic amines is 1. The van der Waals surface area contributed by atoms with E-state index in [9.17, 15) is 28.7 Å². The van der Waals surface area contributed by atoms with Crippen LogP contribution in [0.1, 0.15) is 25.3 Å². The van der Waals surface area contributed by atoms with Crippen LogP contribution in [0, 0.1) is 0 Å². The number of hydrogen-bond donors (Lipinski definition) is 6. The Kier molecular flexibility index (Phi) is 8.25. The van der Waals surface area contributed by atoms with Gasteiger partial charge in [-0.1, -0.05) is 0 Å². The number of aromatic nitrogens is 6. The molecule has 0 spiro atoms. The molecule has 20 nitrogen and oxygen atoms in total. The van der Waals surface area contributed by atoms with Crippen LogP contribution >= 0.6 is 15.6 Å². The van der Waals surface area contributed by atoms with Gasteiger partial charge in [-0.25, -0.2) is 28.9 Å². The molecule has 2 saturated heterocycles. The highest BCUT2D eigenvalue weighted by molar-refractivity contribution is 7.47. The highest BCUT2D eigenvalue weighted by Gasteiger charge is 2.44. The van der Waals surface area contributed by atoms with Crippen LogP contribution in [-0.4, -0.2) is 86.5 Å². The van der Waals surface area contributed by atoms with Crippen LogP contribution < -0.4 is 17.0 Å². The molecule has 224 valence electrons. The Morgan fingerprint density at radius 2 is 1.73 bits per heavy atom. The van der Waals surface area contributed by atoms with E-state index in [2.05, 4.69) is 24.5 Å². The molecule has 2 aliphatic rings. The van der Waals surface area contributed by atoms with Gasteiger partial charge in [-0.2, -0.15) is 0 Å². The number of rotatable bonds is 10. The number of phosphoric acid groups is 2. The molecule has 0 radical (unpaired) electrons. The number of nitrogen functional groups attached to an aromatic ring is 1. The first kappa shape index (κ1) is 29.6. The standard InChI is InChI=1S/C19H25N7O13P2/c20-17-16-18(22-7-21-17)26(8-23-16)15-4-10(12(38-15)6-35-40(30,31)32)39-41(33,34)36-5-11-9(27)3-14(37-11)25-2-1-13(28)24-19(25)29/h1-2,7-12,14-15,27H,3-6H2,(H,33,34)(H2,20,21,22)(H,24,28,29)(H2,30,31,32)/t9-,10-,11+,12+,14+,15+/m0/s1. The van der Waals surface area contributed by atoms with E-state index in [0.29, 0.717) is 0 Å². The lowest BCUT2D eigenvalue weighted by Gasteiger charge is -2.22. The van der Waals surface area contributed by atoms with Crippen molar-refractivity contribution in [2.45, 2.75) is 49.7 Å². The van der Waals surface area contributed by atoms with Crippen LogP contribution in [-0.2, 0) is 32.2 Å². The number of hydrogen-bond acceptors (Lipinski definition) is 14. The Bertz CT molecular complexity index is 1620. The fourth-order valence-electron chi connectivity index (χ4n) is 4.44. The molecule has 3 aromatic rings. The summed E-state index contributed by atoms with van der Waals surface area (Å²) < 4.78 is 52.8. The second kappa shape index (κ2) is 11.4. The molecule has 0 bridgehead atoms. The summed E-state index contributed by atoms with van der Waals surface area (Å²) in [6, 6.07) is 1.09. The Hall–Kier alpha value is -2.87. The first-order chi connectivity index (χ1) is 19.3. The SMILES string of the molecule is Nc1ncnc2c1ncn2[C@H]1C[C@H](OP(=O)(O)OC[C@H]2O[C@@H](n3ccc(=O)[nH]c3=O)C[C@@H]2O)[C@@H](COP(=O)(O)O)O1. The fraction of sp³-hybridized carbons (Fsp3) is 0.526. The number of aliphatic hydroxyl groups is 1. The largest absolute Gasteiger partial charge is 0.472 e. The quantitative estimate of drug-likeness (QED) is 0.140. The summed E-state index contributed by atoms with van der Waals surface area (Å²) in [6.45, 7) is -1.35. The van der Waals surface area contributed by atoms with Crippen molar-refractivity contribution in [3.05, 3.63) is 45.8 Å². The minimum atomic E-state index is -4.94. The monoisotopic (exact) mass is 621 g/mol. The number of ether oxygens (including phenoxy) is 2. The lowest BCUT2D eigenvalue weighted by atomic mass is 10.2. The summed E-state index contributed by atoms with van der Waals surface area (Å²) in [5.41, 5.74) is 4.94. The van der Waals surface area contributed by atoms with Crippen LogP contribution in [0.15, 0.2) is 34.5 Å². The number of aliphatic hydroxyl groups excluding tert-OH is 1. The van der Waals surface area contributed by atoms with E-state index in [4.69, 9.17) is 34.0 Å². The van der Waals surface area contributed by atoms with E-state index < -0.39 is 77.0 Å². The molecule has 0 amide bonds. The molecule has 0 aromatic carbocycles. The number of nitrogens with one attached hydrogen (secondary N) is 1. The van der Waals surface area contributed by atoms with Crippen molar-refractivity contribution >= 4 is 32.6 Å². The zero-order valence-corrected chi connectivity index (χ0v) is 22.6. The topological polar surface area (TPSA) is 286 Å². The van der Waals surface area contributed by atoms with Gasteiger partial charge in [-0.15, -0.1) is 0 Å². The highest BCUT2D eigenvalue weighted by atomic mass is 31.2. The maximum Gasteiger partial charge on any atom is 0.472 e. The van der Waals surface area contributed by atoms with Gasteiger partial charge in [0.1, 0.15) is 42.6 Å². The van der Waals surface area contributed by atoms with Crippen LogP contribution in [0.2, 0.25) is 0 Å². The molecule has 0 saturated carbocycles. The number of anilines is 1. The molecule has 3 aromatic heterocycles. The Morgan fingerprint density at radius 3 is 2.46 bits per heavy atom. The fourth-order valence-corrected chi connectivity index (χ4v) is 5.74. The lowest BCUT2D eigenvalue weighted by Crippen LogP contribution is -2.32. The predicted octanol–water partition coefficient (Wildman–Crippen LogP) is -1.49. The maximum atomic E-state index is 12.8. The van der Waals surface area contributed by atoms with Crippen molar-refractivity contribution in [2.24, 2.45) is 0 Å². The Morgan fingerprint density at radius 1 is 1.02 bits per heavy atom. The van der Waals surface area contributed by atoms with Crippen molar-refractivity contribution < 1.29 is 52.0 Å². The summed E-state index contributed by atoms with van der Waals surface area (Å²) in [5.74, 6) is 0.0955. The maximum absolute atomic E-state index is 12.8. The minimum absolute atomic E-state index is 0.0799. The van der Waals surface area contributed by atoms with Gasteiger partial charge in [0.2, 0.25) is 0 Å². The van der Waals surface area contributed by atoms with Gasteiger partial charge in [-0.3, -0.25) is 32.5 Å². The van der Waals surface area contributed by atoms with E-state index in [-0.39, 0.29) is 29.8 Å². The van der Waals surface area contributed by atoms with Gasteiger partial charge >= 0.3 is 21.3 Å². The number of nitrogens with zero attached hydrogens (tertiary/aromatic N) is 5. The lowest BCUT2D eigenvalue weighted by molar-refractivity contribution is -0.0562. The second-order valence-corrected chi connectivity index (χ2v) is 11.7. The van der Waals surface area contributed by atoms with Crippen LogP contribution in [0.25, 0.3) is 11.2 Å². The van der Waals surface area contributed by atoms with Crippen molar-refractivity contribution in [1.29, 1.82) is 0 Å². The smallest absolute Gasteiger partial charge is 0.390 e. The van der Waals surface area contributed by atoms with E-state index in [1.807, 2.05) is 0 Å². The normalized spacial score (nSPS) is 28.3. The van der Waals surface area contributed by atoms with Crippen molar-refractivity contribution in [2.75, 3.05) is 18.9 Å². The number of phosphoric ester groups is 2. The summed E-state index contributed by atoms with van der Waals surface area (Å²) in [4.78, 5) is 66.1. The molecule has 0 aliphatic carbocycles. The summed E-state index contributed by atoms with van der Waals surface area (Å²) in [7, 11) is -9.83. The molecule has 41 heavy (non-hydrogen) atoms. The number of fused-ring (bicyclic) bond motifs is 1. The van der Waals surface area contributed by atoms with Gasteiger partial charge in [0, 0.05) is 25.1 Å². The molecule has 2 fully saturated rings. The zero-order valence-electron chi connectivity index (χ0n) is 20.8. The van der Waals surface area contributed by atoms with Crippen LogP contribution in [0.4, 0.5) is 5.82 Å². The number of H-pyrrole nitrogens is 1. The predicted molar refractivity (Wildman–Crippen MR) is 133 cm³/mol. The molecule has 1 unspecified atom stereocenters. The molecule has 7 atom stereocenters. The van der Waals surface area contributed by atoms with Crippen LogP contribution in [0.3, 0.4) is 0 Å². The molecule has 22 heteroatoms. The highest BCUT2D eigenvalue weighted by Crippen LogP contribution is 2.50. The minimum Gasteiger partial charge on any atom is -0.390 e. The first-order valence-electron chi connectivity index (χ1n) is 11.9. The molecule has 2 aliphatic heterocycles. The van der Waals surface area contributed by atoms with Gasteiger partial charge in [0.05, 0.1) is 25.6 Å². The van der Waals surface area contributed by atoms with Crippen molar-refractivity contribution in [3.63, 3.8) is 0 Å². The Balaban J connectivity index is 1.26. The van der Waals surface area contributed by atoms with Gasteiger partial charge in [0.25, 0.3) is 5.56 Å². The van der Waals surface area contributed by atoms with Crippen LogP contribution in [0.5, 0.6) is 0 Å². The average Bonchev–Trinajstić information content (AvgIpc) is 3.58. The summed E-state index contributed by atoms with van der Waals surface area (Å²) >= 11 is 0. The average molecular weight is 621 g/mol. The van der Waals surface area contributed by atoms with Crippen molar-refractivity contribution in [3.8, 4) is 0 Å². The second-order valence-electron chi connectivity index (χ2n) is 9.09. The first-order valence-corrected chi connectivity index (χ1v) is 14.9. The third-order valence-electron chi connectivity index (χ3n) is 6.32. The summed E-state index contributed by atoms with van der Waals surface area (Å²) in [5, 5.41) is 10.3. The van der Waals surface area contributed by atoms with Gasteiger partial charge in [-0.05, 0) is 0 Å². The van der Waals surface area contributed by atoms with E-state index in [1.54, 1.807) is 0 Å². The molecule has 5 heterocycles. The van der Waals surface area contributed by atoms with E-state index in [0.717, 1.165) is 10.6 Å². The van der Waals surface area contributed by atoms with Gasteiger partial charge in [0.15, 0.2) is 11.5 Å². The van der Waals surface area contributed by atoms with Gasteiger partial charge < -0.3 is 35.0 Å². The molecule has 5 rings (SSSR count). The molecular weight excluding hydrogens is 596 g/mol. The van der Waals surface area contributed by atoms with E-state index in [1.165, 1.54) is 23.4 Å². The third kappa shape index (κ3) is 6.79. The Labute approximate surface area is 228 Å². The number of imidazole rings is 1. The van der Waals surface area contributed by atoms with E-state index >= 15 is 0 Å².